The van der Waals surface area contributed by atoms with Crippen molar-refractivity contribution in [1.82, 2.24) is 0 Å². The molecule has 1 aliphatic heterocycles. The van der Waals surface area contributed by atoms with Crippen molar-refractivity contribution < 1.29 is 48.0 Å². The van der Waals surface area contributed by atoms with Gasteiger partial charge in [-0.05, 0) is 0 Å². The highest BCUT2D eigenvalue weighted by molar-refractivity contribution is 7.81. The molecule has 0 aromatic rings. The van der Waals surface area contributed by atoms with Crippen LogP contribution in [0.25, 0.3) is 0 Å². The first-order chi connectivity index (χ1) is 11.5. The lowest BCUT2D eigenvalue weighted by Gasteiger charge is -2.47. The average molecular weight is 380 g/mol. The van der Waals surface area contributed by atoms with Gasteiger partial charge in [-0.3, -0.25) is 19.2 Å². The molecule has 142 valence electrons. The summed E-state index contributed by atoms with van der Waals surface area (Å²) in [4.78, 5) is 45.7. The van der Waals surface area contributed by atoms with Crippen molar-refractivity contribution in [2.45, 2.75) is 57.2 Å². The predicted molar refractivity (Wildman–Crippen MR) is 82.1 cm³/mol. The summed E-state index contributed by atoms with van der Waals surface area (Å²) >= 11 is 4.10. The van der Waals surface area contributed by atoms with Gasteiger partial charge in [-0.1, -0.05) is 12.6 Å². The van der Waals surface area contributed by atoms with Crippen molar-refractivity contribution in [1.29, 1.82) is 0 Å². The summed E-state index contributed by atoms with van der Waals surface area (Å²) in [5, 5.41) is 7.34. The molecule has 0 radical (unpaired) electrons. The molecular formula is C14H20O10S. The molecular weight excluding hydrogens is 360 g/mol. The van der Waals surface area contributed by atoms with E-state index in [0.717, 1.165) is 27.7 Å². The molecule has 0 aliphatic carbocycles. The molecule has 0 amide bonds. The lowest BCUT2D eigenvalue weighted by atomic mass is 9.98. The van der Waals surface area contributed by atoms with E-state index >= 15 is 0 Å². The molecule has 5 atom stereocenters. The van der Waals surface area contributed by atoms with Gasteiger partial charge in [0.05, 0.1) is 6.61 Å². The molecule has 0 saturated carbocycles. The Morgan fingerprint density at radius 3 is 1.80 bits per heavy atom. The number of carbonyl (C=O) groups excluding carboxylic acids is 4. The zero-order valence-corrected chi connectivity index (χ0v) is 15.0. The van der Waals surface area contributed by atoms with Crippen LogP contribution in [-0.2, 0) is 42.9 Å². The van der Waals surface area contributed by atoms with Gasteiger partial charge in [-0.15, -0.1) is 0 Å². The minimum atomic E-state index is -2.18. The fraction of sp³-hybridized carbons (Fsp3) is 0.714. The van der Waals surface area contributed by atoms with Gasteiger partial charge >= 0.3 is 29.0 Å². The topological polar surface area (TPSA) is 135 Å². The maximum atomic E-state index is 11.5. The van der Waals surface area contributed by atoms with Crippen LogP contribution in [0.15, 0.2) is 0 Å². The Morgan fingerprint density at radius 2 is 1.40 bits per heavy atom. The SMILES string of the molecule is CC(=O)O[C@H]1[C@H](OC(C)=O)[C@@H](CO)O[C@@](S)(OC(C)=O)[C@@H]1OC(C)=O. The third-order valence-electron chi connectivity index (χ3n) is 3.04. The highest BCUT2D eigenvalue weighted by Crippen LogP contribution is 2.39. The van der Waals surface area contributed by atoms with Crippen LogP contribution in [0.1, 0.15) is 27.7 Å². The lowest BCUT2D eigenvalue weighted by molar-refractivity contribution is -0.314. The van der Waals surface area contributed by atoms with Crippen LogP contribution < -0.4 is 0 Å². The number of hydrogen-bond donors (Lipinski definition) is 2. The fourth-order valence-corrected chi connectivity index (χ4v) is 2.81. The molecule has 11 heteroatoms. The number of aliphatic hydroxyl groups excluding tert-OH is 1. The van der Waals surface area contributed by atoms with Crippen molar-refractivity contribution in [2.75, 3.05) is 6.61 Å². The summed E-state index contributed by atoms with van der Waals surface area (Å²) in [6.45, 7) is 3.59. The second kappa shape index (κ2) is 8.50. The van der Waals surface area contributed by atoms with E-state index in [0.29, 0.717) is 0 Å². The molecule has 1 N–H and O–H groups in total. The molecule has 10 nitrogen and oxygen atoms in total. The van der Waals surface area contributed by atoms with E-state index in [2.05, 4.69) is 12.6 Å². The van der Waals surface area contributed by atoms with Gasteiger partial charge in [0.2, 0.25) is 6.10 Å². The Bertz CT molecular complexity index is 550. The van der Waals surface area contributed by atoms with Crippen molar-refractivity contribution in [3.05, 3.63) is 0 Å². The van der Waals surface area contributed by atoms with Gasteiger partial charge in [-0.2, -0.15) is 0 Å². The number of esters is 4. The second-order valence-corrected chi connectivity index (χ2v) is 5.86. The summed E-state index contributed by atoms with van der Waals surface area (Å²) in [7, 11) is 0. The standard InChI is InChI=1S/C14H20O10S/c1-6(16)20-11-10(5-15)24-14(25,23-9(4)19)13(22-8(3)18)12(11)21-7(2)17/h10-13,15,25H,5H2,1-4H3/t10-,11-,12+,13-,14+/m1/s1. The van der Waals surface area contributed by atoms with Crippen LogP contribution in [0.2, 0.25) is 0 Å². The molecule has 0 bridgehead atoms. The van der Waals surface area contributed by atoms with Crippen LogP contribution in [0.5, 0.6) is 0 Å². The van der Waals surface area contributed by atoms with Crippen LogP contribution in [0, 0.1) is 0 Å². The van der Waals surface area contributed by atoms with Gasteiger partial charge < -0.3 is 28.8 Å². The first kappa shape index (κ1) is 21.2. The van der Waals surface area contributed by atoms with E-state index in [4.69, 9.17) is 23.7 Å². The van der Waals surface area contributed by atoms with Crippen molar-refractivity contribution >= 4 is 36.5 Å². The minimum Gasteiger partial charge on any atom is -0.456 e. The Morgan fingerprint density at radius 1 is 0.920 bits per heavy atom. The van der Waals surface area contributed by atoms with E-state index in [9.17, 15) is 24.3 Å². The Kier molecular flexibility index (Phi) is 7.20. The maximum absolute atomic E-state index is 11.5. The molecule has 1 rings (SSSR count). The monoisotopic (exact) mass is 380 g/mol. The summed E-state index contributed by atoms with van der Waals surface area (Å²) in [5.41, 5.74) is 0. The van der Waals surface area contributed by atoms with E-state index in [-0.39, 0.29) is 0 Å². The first-order valence-electron chi connectivity index (χ1n) is 7.22. The smallest absolute Gasteiger partial charge is 0.305 e. The van der Waals surface area contributed by atoms with Crippen LogP contribution in [-0.4, -0.2) is 65.1 Å². The van der Waals surface area contributed by atoms with E-state index in [1.165, 1.54) is 0 Å². The molecule has 0 aromatic carbocycles. The maximum Gasteiger partial charge on any atom is 0.305 e. The minimum absolute atomic E-state index is 0.688. The molecule has 0 spiro atoms. The summed E-state index contributed by atoms with van der Waals surface area (Å²) in [5.74, 6) is -3.21. The van der Waals surface area contributed by atoms with Gasteiger partial charge in [0.15, 0.2) is 12.2 Å². The van der Waals surface area contributed by atoms with Crippen molar-refractivity contribution in [2.24, 2.45) is 0 Å². The van der Waals surface area contributed by atoms with Crippen LogP contribution in [0.3, 0.4) is 0 Å². The number of ether oxygens (including phenoxy) is 5. The Hall–Kier alpha value is -1.85. The van der Waals surface area contributed by atoms with Gasteiger partial charge in [-0.25, -0.2) is 0 Å². The molecule has 0 unspecified atom stereocenters. The van der Waals surface area contributed by atoms with E-state index < -0.39 is 60.0 Å². The fourth-order valence-electron chi connectivity index (χ4n) is 2.35. The zero-order chi connectivity index (χ0) is 19.4. The van der Waals surface area contributed by atoms with Crippen molar-refractivity contribution in [3.8, 4) is 0 Å². The predicted octanol–water partition coefficient (Wildman–Crippen LogP) is -0.681. The average Bonchev–Trinajstić information content (AvgIpc) is 2.43. The van der Waals surface area contributed by atoms with E-state index in [1.807, 2.05) is 0 Å². The highest BCUT2D eigenvalue weighted by Gasteiger charge is 2.60. The Labute approximate surface area is 149 Å². The number of rotatable bonds is 5. The quantitative estimate of drug-likeness (QED) is 0.273. The number of carbonyl (C=O) groups is 4. The summed E-state index contributed by atoms with van der Waals surface area (Å²) in [6.07, 6.45) is -5.59. The molecule has 0 aromatic heterocycles. The highest BCUT2D eigenvalue weighted by atomic mass is 32.1. The lowest BCUT2D eigenvalue weighted by Crippen LogP contribution is -2.67. The van der Waals surface area contributed by atoms with Crippen LogP contribution >= 0.6 is 12.6 Å². The zero-order valence-electron chi connectivity index (χ0n) is 14.1. The second-order valence-electron chi connectivity index (χ2n) is 5.24. The third-order valence-corrected chi connectivity index (χ3v) is 3.49. The number of hydrogen-bond acceptors (Lipinski definition) is 11. The van der Waals surface area contributed by atoms with Gasteiger partial charge in [0.25, 0.3) is 0 Å². The third kappa shape index (κ3) is 5.58. The molecule has 1 saturated heterocycles. The molecule has 25 heavy (non-hydrogen) atoms. The Balaban J connectivity index is 3.38. The summed E-state index contributed by atoms with van der Waals surface area (Å²) < 4.78 is 25.6. The molecule has 1 aliphatic rings. The summed E-state index contributed by atoms with van der Waals surface area (Å²) in [6, 6.07) is 0. The largest absolute Gasteiger partial charge is 0.456 e. The number of thiol groups is 1. The normalized spacial score (nSPS) is 31.6. The first-order valence-corrected chi connectivity index (χ1v) is 7.67. The van der Waals surface area contributed by atoms with Gasteiger partial charge in [0, 0.05) is 27.7 Å². The van der Waals surface area contributed by atoms with Crippen molar-refractivity contribution in [3.63, 3.8) is 0 Å². The van der Waals surface area contributed by atoms with Crippen LogP contribution in [0.4, 0.5) is 0 Å². The van der Waals surface area contributed by atoms with E-state index in [1.54, 1.807) is 0 Å². The number of aliphatic hydroxyl groups is 1. The van der Waals surface area contributed by atoms with Gasteiger partial charge in [0.1, 0.15) is 6.10 Å². The molecule has 1 fully saturated rings. The molecule has 1 heterocycles.